The van der Waals surface area contributed by atoms with Crippen molar-refractivity contribution < 1.29 is 19.4 Å². The van der Waals surface area contributed by atoms with E-state index >= 15 is 0 Å². The van der Waals surface area contributed by atoms with Crippen LogP contribution in [0, 0.1) is 5.92 Å². The van der Waals surface area contributed by atoms with E-state index in [9.17, 15) is 4.79 Å². The summed E-state index contributed by atoms with van der Waals surface area (Å²) in [4.78, 5) is 11.1. The second kappa shape index (κ2) is 6.45. The van der Waals surface area contributed by atoms with Crippen molar-refractivity contribution in [3.05, 3.63) is 22.2 Å². The SMILES string of the molecule is CCOc1cc(OC)c(Br)cc1C1CC(C(=O)O)CN1. The molecular weight excluding hydrogens is 326 g/mol. The number of ether oxygens (including phenoxy) is 2. The first-order chi connectivity index (χ1) is 9.56. The van der Waals surface area contributed by atoms with Crippen molar-refractivity contribution in [2.24, 2.45) is 5.92 Å². The third-order valence-corrected chi connectivity index (χ3v) is 4.06. The Labute approximate surface area is 126 Å². The van der Waals surface area contributed by atoms with Gasteiger partial charge < -0.3 is 19.9 Å². The Bertz CT molecular complexity index is 506. The van der Waals surface area contributed by atoms with E-state index in [1.807, 2.05) is 19.1 Å². The van der Waals surface area contributed by atoms with Crippen LogP contribution in [0.1, 0.15) is 24.9 Å². The summed E-state index contributed by atoms with van der Waals surface area (Å²) < 4.78 is 11.8. The van der Waals surface area contributed by atoms with Gasteiger partial charge in [0.25, 0.3) is 0 Å². The summed E-state index contributed by atoms with van der Waals surface area (Å²) in [5, 5.41) is 12.3. The van der Waals surface area contributed by atoms with Crippen LogP contribution in [0.5, 0.6) is 11.5 Å². The van der Waals surface area contributed by atoms with Crippen LogP contribution in [0.15, 0.2) is 16.6 Å². The van der Waals surface area contributed by atoms with Crippen LogP contribution in [0.4, 0.5) is 0 Å². The predicted octanol–water partition coefficient (Wildman–Crippen LogP) is 2.59. The molecule has 1 heterocycles. The third-order valence-electron chi connectivity index (χ3n) is 3.44. The Kier molecular flexibility index (Phi) is 4.88. The average Bonchev–Trinajstić information content (AvgIpc) is 2.90. The van der Waals surface area contributed by atoms with E-state index in [-0.39, 0.29) is 12.0 Å². The molecule has 20 heavy (non-hydrogen) atoms. The number of carboxylic acids is 1. The highest BCUT2D eigenvalue weighted by Gasteiger charge is 2.32. The van der Waals surface area contributed by atoms with Gasteiger partial charge in [-0.05, 0) is 35.3 Å². The summed E-state index contributed by atoms with van der Waals surface area (Å²) in [5.41, 5.74) is 0.961. The summed E-state index contributed by atoms with van der Waals surface area (Å²) in [6, 6.07) is 3.75. The molecule has 0 saturated carbocycles. The number of hydrogen-bond acceptors (Lipinski definition) is 4. The molecule has 1 aliphatic rings. The molecule has 2 rings (SSSR count). The molecule has 1 fully saturated rings. The van der Waals surface area contributed by atoms with Crippen molar-refractivity contribution in [2.75, 3.05) is 20.3 Å². The Hall–Kier alpha value is -1.27. The number of hydrogen-bond donors (Lipinski definition) is 2. The normalized spacial score (nSPS) is 21.8. The first-order valence-corrected chi connectivity index (χ1v) is 7.32. The highest BCUT2D eigenvalue weighted by Crippen LogP contribution is 2.39. The monoisotopic (exact) mass is 343 g/mol. The van der Waals surface area contributed by atoms with Gasteiger partial charge in [-0.25, -0.2) is 0 Å². The van der Waals surface area contributed by atoms with E-state index in [0.29, 0.717) is 25.3 Å². The predicted molar refractivity (Wildman–Crippen MR) is 78.3 cm³/mol. The summed E-state index contributed by atoms with van der Waals surface area (Å²) in [6.45, 7) is 2.95. The molecule has 1 aliphatic heterocycles. The second-order valence-corrected chi connectivity index (χ2v) is 5.54. The Balaban J connectivity index is 2.30. The van der Waals surface area contributed by atoms with Crippen LogP contribution < -0.4 is 14.8 Å². The van der Waals surface area contributed by atoms with Crippen LogP contribution in [0.25, 0.3) is 0 Å². The molecule has 5 nitrogen and oxygen atoms in total. The summed E-state index contributed by atoms with van der Waals surface area (Å²) >= 11 is 3.46. The van der Waals surface area contributed by atoms with E-state index in [1.54, 1.807) is 7.11 Å². The third kappa shape index (κ3) is 3.07. The van der Waals surface area contributed by atoms with E-state index in [4.69, 9.17) is 14.6 Å². The number of nitrogens with one attached hydrogen (secondary N) is 1. The van der Waals surface area contributed by atoms with Crippen molar-refractivity contribution in [3.63, 3.8) is 0 Å². The van der Waals surface area contributed by atoms with E-state index in [2.05, 4.69) is 21.2 Å². The largest absolute Gasteiger partial charge is 0.495 e. The maximum absolute atomic E-state index is 11.1. The molecular formula is C14H18BrNO4. The number of methoxy groups -OCH3 is 1. The van der Waals surface area contributed by atoms with Gasteiger partial charge in [0, 0.05) is 24.2 Å². The van der Waals surface area contributed by atoms with Gasteiger partial charge in [-0.15, -0.1) is 0 Å². The number of halogens is 1. The topological polar surface area (TPSA) is 67.8 Å². The molecule has 2 N–H and O–H groups in total. The zero-order chi connectivity index (χ0) is 14.7. The molecule has 0 amide bonds. The minimum atomic E-state index is -0.759. The first-order valence-electron chi connectivity index (χ1n) is 6.53. The van der Waals surface area contributed by atoms with Gasteiger partial charge in [0.1, 0.15) is 11.5 Å². The maximum Gasteiger partial charge on any atom is 0.307 e. The van der Waals surface area contributed by atoms with Crippen molar-refractivity contribution in [1.29, 1.82) is 0 Å². The van der Waals surface area contributed by atoms with Crippen LogP contribution in [0.2, 0.25) is 0 Å². The van der Waals surface area contributed by atoms with Crippen molar-refractivity contribution >= 4 is 21.9 Å². The molecule has 1 saturated heterocycles. The molecule has 110 valence electrons. The average molecular weight is 344 g/mol. The van der Waals surface area contributed by atoms with Gasteiger partial charge in [-0.1, -0.05) is 0 Å². The fourth-order valence-corrected chi connectivity index (χ4v) is 2.94. The fourth-order valence-electron chi connectivity index (χ4n) is 2.42. The van der Waals surface area contributed by atoms with Crippen LogP contribution in [-0.2, 0) is 4.79 Å². The quantitative estimate of drug-likeness (QED) is 0.859. The number of carboxylic acid groups (broad SMARTS) is 1. The summed E-state index contributed by atoms with van der Waals surface area (Å²) in [7, 11) is 1.60. The lowest BCUT2D eigenvalue weighted by molar-refractivity contribution is -0.141. The first kappa shape index (κ1) is 15.1. The van der Waals surface area contributed by atoms with Gasteiger partial charge in [0.15, 0.2) is 0 Å². The summed E-state index contributed by atoms with van der Waals surface area (Å²) in [6.07, 6.45) is 0.564. The Morgan fingerprint density at radius 2 is 2.25 bits per heavy atom. The number of rotatable bonds is 5. The lowest BCUT2D eigenvalue weighted by atomic mass is 9.99. The zero-order valence-electron chi connectivity index (χ0n) is 11.5. The van der Waals surface area contributed by atoms with Crippen LogP contribution in [-0.4, -0.2) is 31.3 Å². The minimum Gasteiger partial charge on any atom is -0.495 e. The Morgan fingerprint density at radius 3 is 2.80 bits per heavy atom. The molecule has 2 unspecified atom stereocenters. The van der Waals surface area contributed by atoms with E-state index in [0.717, 1.165) is 15.8 Å². The van der Waals surface area contributed by atoms with E-state index < -0.39 is 5.97 Å². The van der Waals surface area contributed by atoms with Crippen molar-refractivity contribution in [3.8, 4) is 11.5 Å². The number of aliphatic carboxylic acids is 1. The Morgan fingerprint density at radius 1 is 1.50 bits per heavy atom. The minimum absolute atomic E-state index is 0.0140. The number of benzene rings is 1. The van der Waals surface area contributed by atoms with Gasteiger partial charge in [0.05, 0.1) is 24.1 Å². The van der Waals surface area contributed by atoms with Crippen LogP contribution in [0.3, 0.4) is 0 Å². The molecule has 0 bridgehead atoms. The van der Waals surface area contributed by atoms with E-state index in [1.165, 1.54) is 0 Å². The highest BCUT2D eigenvalue weighted by molar-refractivity contribution is 9.10. The lowest BCUT2D eigenvalue weighted by Gasteiger charge is -2.18. The van der Waals surface area contributed by atoms with Crippen molar-refractivity contribution in [2.45, 2.75) is 19.4 Å². The smallest absolute Gasteiger partial charge is 0.307 e. The van der Waals surface area contributed by atoms with Gasteiger partial charge in [-0.3, -0.25) is 4.79 Å². The molecule has 1 aromatic rings. The molecule has 0 radical (unpaired) electrons. The van der Waals surface area contributed by atoms with Crippen molar-refractivity contribution in [1.82, 2.24) is 5.32 Å². The molecule has 0 aliphatic carbocycles. The fraction of sp³-hybridized carbons (Fsp3) is 0.500. The molecule has 0 aromatic heterocycles. The van der Waals surface area contributed by atoms with Gasteiger partial charge >= 0.3 is 5.97 Å². The zero-order valence-corrected chi connectivity index (χ0v) is 13.1. The summed E-state index contributed by atoms with van der Waals surface area (Å²) in [5.74, 6) is 0.321. The lowest BCUT2D eigenvalue weighted by Crippen LogP contribution is -2.17. The molecule has 0 spiro atoms. The van der Waals surface area contributed by atoms with Crippen LogP contribution >= 0.6 is 15.9 Å². The maximum atomic E-state index is 11.1. The second-order valence-electron chi connectivity index (χ2n) is 4.69. The standard InChI is InChI=1S/C14H18BrNO4/c1-3-20-12-6-13(19-2)10(15)5-9(12)11-4-8(7-16-11)14(17)18/h5-6,8,11,16H,3-4,7H2,1-2H3,(H,17,18). The number of carbonyl (C=O) groups is 1. The molecule has 6 heteroatoms. The highest BCUT2D eigenvalue weighted by atomic mass is 79.9. The molecule has 1 aromatic carbocycles. The molecule has 2 atom stereocenters. The van der Waals surface area contributed by atoms with Gasteiger partial charge in [-0.2, -0.15) is 0 Å². The van der Waals surface area contributed by atoms with Gasteiger partial charge in [0.2, 0.25) is 0 Å².